The first-order chi connectivity index (χ1) is 14.8. The Labute approximate surface area is 184 Å². The molecule has 0 bridgehead atoms. The normalized spacial score (nSPS) is 11.6. The van der Waals surface area contributed by atoms with E-state index in [1.165, 1.54) is 7.11 Å². The molecule has 7 heteroatoms. The van der Waals surface area contributed by atoms with Crippen molar-refractivity contribution in [3.8, 4) is 17.2 Å². The molecule has 0 radical (unpaired) electrons. The van der Waals surface area contributed by atoms with Crippen molar-refractivity contribution in [3.63, 3.8) is 0 Å². The predicted octanol–water partition coefficient (Wildman–Crippen LogP) is 3.48. The Morgan fingerprint density at radius 2 is 1.58 bits per heavy atom. The molecule has 168 valence electrons. The van der Waals surface area contributed by atoms with Crippen LogP contribution in [0.25, 0.3) is 0 Å². The summed E-state index contributed by atoms with van der Waals surface area (Å²) < 4.78 is 16.1. The van der Waals surface area contributed by atoms with Crippen molar-refractivity contribution in [1.29, 1.82) is 0 Å². The second-order valence-electron chi connectivity index (χ2n) is 7.72. The molecule has 2 N–H and O–H groups in total. The summed E-state index contributed by atoms with van der Waals surface area (Å²) in [5.41, 5.74) is 2.21. The first kappa shape index (κ1) is 24.1. The highest BCUT2D eigenvalue weighted by Crippen LogP contribution is 2.38. The van der Waals surface area contributed by atoms with Gasteiger partial charge in [-0.15, -0.1) is 0 Å². The molecule has 0 aromatic heterocycles. The number of methoxy groups -OCH3 is 3. The minimum Gasteiger partial charge on any atom is -0.493 e. The highest BCUT2D eigenvalue weighted by molar-refractivity contribution is 5.98. The van der Waals surface area contributed by atoms with Crippen LogP contribution in [0.3, 0.4) is 0 Å². The van der Waals surface area contributed by atoms with E-state index < -0.39 is 6.04 Å². The van der Waals surface area contributed by atoms with Gasteiger partial charge in [0.05, 0.1) is 21.3 Å². The second kappa shape index (κ2) is 11.2. The van der Waals surface area contributed by atoms with Gasteiger partial charge in [0.25, 0.3) is 5.91 Å². The molecular weight excluding hydrogens is 396 g/mol. The van der Waals surface area contributed by atoms with E-state index in [9.17, 15) is 9.59 Å². The van der Waals surface area contributed by atoms with E-state index in [1.807, 2.05) is 39.0 Å². The van der Waals surface area contributed by atoms with Gasteiger partial charge in [-0.1, -0.05) is 32.0 Å². The van der Waals surface area contributed by atoms with E-state index in [0.717, 1.165) is 11.1 Å². The van der Waals surface area contributed by atoms with Crippen LogP contribution >= 0.6 is 0 Å². The Morgan fingerprint density at radius 3 is 2.10 bits per heavy atom. The van der Waals surface area contributed by atoms with Crippen molar-refractivity contribution in [1.82, 2.24) is 10.6 Å². The fourth-order valence-corrected chi connectivity index (χ4v) is 3.32. The van der Waals surface area contributed by atoms with Crippen LogP contribution in [0, 0.1) is 12.8 Å². The van der Waals surface area contributed by atoms with E-state index >= 15 is 0 Å². The van der Waals surface area contributed by atoms with Crippen LogP contribution in [-0.2, 0) is 11.3 Å². The van der Waals surface area contributed by atoms with Crippen LogP contribution in [0.15, 0.2) is 36.4 Å². The molecule has 0 fully saturated rings. The molecule has 0 heterocycles. The van der Waals surface area contributed by atoms with E-state index in [1.54, 1.807) is 32.4 Å². The van der Waals surface area contributed by atoms with Crippen LogP contribution in [-0.4, -0.2) is 39.2 Å². The fraction of sp³-hybridized carbons (Fsp3) is 0.417. The van der Waals surface area contributed by atoms with E-state index in [4.69, 9.17) is 14.2 Å². The molecule has 7 nitrogen and oxygen atoms in total. The number of carbonyl (C=O) groups is 2. The first-order valence-corrected chi connectivity index (χ1v) is 10.2. The van der Waals surface area contributed by atoms with E-state index in [0.29, 0.717) is 29.2 Å². The molecule has 2 aromatic carbocycles. The maximum Gasteiger partial charge on any atom is 0.252 e. The maximum atomic E-state index is 12.9. The average Bonchev–Trinajstić information content (AvgIpc) is 2.75. The third-order valence-electron chi connectivity index (χ3n) is 4.91. The van der Waals surface area contributed by atoms with Gasteiger partial charge in [0.2, 0.25) is 11.7 Å². The minimum absolute atomic E-state index is 0.231. The molecule has 0 aliphatic rings. The molecule has 0 aliphatic carbocycles. The Balaban J connectivity index is 2.14. The summed E-state index contributed by atoms with van der Waals surface area (Å²) in [4.78, 5) is 25.7. The molecule has 1 atom stereocenters. The van der Waals surface area contributed by atoms with Crippen LogP contribution in [0.2, 0.25) is 0 Å². The van der Waals surface area contributed by atoms with E-state index in [2.05, 4.69) is 10.6 Å². The zero-order valence-electron chi connectivity index (χ0n) is 19.1. The molecular formula is C24H32N2O5. The lowest BCUT2D eigenvalue weighted by atomic mass is 10.0. The summed E-state index contributed by atoms with van der Waals surface area (Å²) in [7, 11) is 4.62. The number of hydrogen-bond acceptors (Lipinski definition) is 5. The molecule has 2 amide bonds. The third kappa shape index (κ3) is 6.38. The first-order valence-electron chi connectivity index (χ1n) is 10.2. The smallest absolute Gasteiger partial charge is 0.252 e. The summed E-state index contributed by atoms with van der Waals surface area (Å²) in [6, 6.07) is 10.2. The predicted molar refractivity (Wildman–Crippen MR) is 120 cm³/mol. The SMILES string of the molecule is COc1cc(CNC(=O)[C@H](CC(C)C)NC(=O)c2ccccc2C)cc(OC)c1OC. The van der Waals surface area contributed by atoms with Crippen molar-refractivity contribution in [2.24, 2.45) is 5.92 Å². The van der Waals surface area contributed by atoms with Gasteiger partial charge < -0.3 is 24.8 Å². The van der Waals surface area contributed by atoms with Gasteiger partial charge in [0, 0.05) is 12.1 Å². The van der Waals surface area contributed by atoms with Gasteiger partial charge in [-0.05, 0) is 48.6 Å². The summed E-state index contributed by atoms with van der Waals surface area (Å²) >= 11 is 0. The number of amides is 2. The number of nitrogens with one attached hydrogen (secondary N) is 2. The second-order valence-corrected chi connectivity index (χ2v) is 7.72. The quantitative estimate of drug-likeness (QED) is 0.605. The zero-order chi connectivity index (χ0) is 23.0. The van der Waals surface area contributed by atoms with Gasteiger partial charge in [-0.3, -0.25) is 9.59 Å². The van der Waals surface area contributed by atoms with Crippen molar-refractivity contribution >= 4 is 11.8 Å². The van der Waals surface area contributed by atoms with Crippen LogP contribution in [0.4, 0.5) is 0 Å². The van der Waals surface area contributed by atoms with Crippen molar-refractivity contribution < 1.29 is 23.8 Å². The molecule has 0 spiro atoms. The highest BCUT2D eigenvalue weighted by Gasteiger charge is 2.23. The Bertz CT molecular complexity index is 886. The number of ether oxygens (including phenoxy) is 3. The summed E-state index contributed by atoms with van der Waals surface area (Å²) in [6.07, 6.45) is 0.526. The van der Waals surface area contributed by atoms with Crippen molar-refractivity contribution in [2.45, 2.75) is 39.8 Å². The topological polar surface area (TPSA) is 85.9 Å². The van der Waals surface area contributed by atoms with Gasteiger partial charge in [-0.2, -0.15) is 0 Å². The van der Waals surface area contributed by atoms with Gasteiger partial charge in [-0.25, -0.2) is 0 Å². The van der Waals surface area contributed by atoms with Crippen molar-refractivity contribution in [2.75, 3.05) is 21.3 Å². The lowest BCUT2D eigenvalue weighted by molar-refractivity contribution is -0.123. The standard InChI is InChI=1S/C24H32N2O5/c1-15(2)11-19(26-23(27)18-10-8-7-9-16(18)3)24(28)25-14-17-12-20(29-4)22(31-6)21(13-17)30-5/h7-10,12-13,15,19H,11,14H2,1-6H3,(H,25,28)(H,26,27)/t19-/m0/s1. The summed E-state index contributed by atoms with van der Waals surface area (Å²) in [6.45, 7) is 6.15. The molecule has 2 aromatic rings. The Morgan fingerprint density at radius 1 is 0.968 bits per heavy atom. The lowest BCUT2D eigenvalue weighted by Crippen LogP contribution is -2.47. The van der Waals surface area contributed by atoms with Crippen LogP contribution in [0.5, 0.6) is 17.2 Å². The average molecular weight is 429 g/mol. The number of aryl methyl sites for hydroxylation is 1. The minimum atomic E-state index is -0.644. The molecule has 0 saturated heterocycles. The number of hydrogen-bond donors (Lipinski definition) is 2. The van der Waals surface area contributed by atoms with Crippen LogP contribution in [0.1, 0.15) is 41.8 Å². The van der Waals surface area contributed by atoms with E-state index in [-0.39, 0.29) is 24.3 Å². The summed E-state index contributed by atoms with van der Waals surface area (Å²) in [5.74, 6) is 1.24. The number of carbonyl (C=O) groups excluding carboxylic acids is 2. The van der Waals surface area contributed by atoms with Gasteiger partial charge in [0.1, 0.15) is 6.04 Å². The zero-order valence-corrected chi connectivity index (χ0v) is 19.1. The highest BCUT2D eigenvalue weighted by atomic mass is 16.5. The Hall–Kier alpha value is -3.22. The number of rotatable bonds is 10. The monoisotopic (exact) mass is 428 g/mol. The maximum absolute atomic E-state index is 12.9. The molecule has 0 aliphatic heterocycles. The molecule has 0 saturated carbocycles. The fourth-order valence-electron chi connectivity index (χ4n) is 3.32. The summed E-state index contributed by atoms with van der Waals surface area (Å²) in [5, 5.41) is 5.79. The Kier molecular flexibility index (Phi) is 8.73. The van der Waals surface area contributed by atoms with Gasteiger partial charge >= 0.3 is 0 Å². The largest absolute Gasteiger partial charge is 0.493 e. The lowest BCUT2D eigenvalue weighted by Gasteiger charge is -2.21. The number of benzene rings is 2. The third-order valence-corrected chi connectivity index (χ3v) is 4.91. The molecule has 0 unspecified atom stereocenters. The van der Waals surface area contributed by atoms with Crippen LogP contribution < -0.4 is 24.8 Å². The molecule has 2 rings (SSSR count). The van der Waals surface area contributed by atoms with Crippen molar-refractivity contribution in [3.05, 3.63) is 53.1 Å². The molecule has 31 heavy (non-hydrogen) atoms. The van der Waals surface area contributed by atoms with Gasteiger partial charge in [0.15, 0.2) is 11.5 Å².